The molecule has 2 aromatic carbocycles. The zero-order valence-corrected chi connectivity index (χ0v) is 11.5. The summed E-state index contributed by atoms with van der Waals surface area (Å²) in [6.07, 6.45) is 0. The largest absolute Gasteiger partial charge is 0.152 e. The number of benzene rings is 2. The first-order chi connectivity index (χ1) is 8.24. The van der Waals surface area contributed by atoms with E-state index in [-0.39, 0.29) is 0 Å². The van der Waals surface area contributed by atoms with Crippen molar-refractivity contribution in [2.45, 2.75) is 11.5 Å². The summed E-state index contributed by atoms with van der Waals surface area (Å²) in [7, 11) is 0. The van der Waals surface area contributed by atoms with Gasteiger partial charge in [-0.25, -0.2) is 0 Å². The van der Waals surface area contributed by atoms with Gasteiger partial charge in [-0.2, -0.15) is 11.8 Å². The van der Waals surface area contributed by atoms with E-state index in [9.17, 15) is 0 Å². The Kier molecular flexibility index (Phi) is 4.78. The molecule has 0 atom stereocenters. The molecule has 0 unspecified atom stereocenters. The predicted molar refractivity (Wildman–Crippen MR) is 77.9 cm³/mol. The molecule has 0 nitrogen and oxygen atoms in total. The topological polar surface area (TPSA) is 0 Å². The third-order valence-corrected chi connectivity index (χ3v) is 3.94. The van der Waals surface area contributed by atoms with Crippen LogP contribution in [-0.4, -0.2) is 0 Å². The van der Waals surface area contributed by atoms with Gasteiger partial charge in [0.25, 0.3) is 0 Å². The zero-order valence-electron chi connectivity index (χ0n) is 9.20. The third kappa shape index (κ3) is 4.27. The maximum Gasteiger partial charge on any atom is 0.0406 e. The van der Waals surface area contributed by atoms with Crippen LogP contribution >= 0.6 is 35.0 Å². The summed E-state index contributed by atoms with van der Waals surface area (Å²) < 4.78 is 0. The second kappa shape index (κ2) is 6.34. The molecular weight excluding hydrogens is 271 g/mol. The van der Waals surface area contributed by atoms with Crippen LogP contribution in [0.4, 0.5) is 0 Å². The molecule has 0 aliphatic carbocycles. The summed E-state index contributed by atoms with van der Waals surface area (Å²) in [5.41, 5.74) is 2.60. The number of rotatable bonds is 4. The molecule has 0 N–H and O–H groups in total. The summed E-state index contributed by atoms with van der Waals surface area (Å²) in [4.78, 5) is 0. The van der Waals surface area contributed by atoms with E-state index in [1.165, 1.54) is 11.1 Å². The summed E-state index contributed by atoms with van der Waals surface area (Å²) in [5.74, 6) is 2.00. The first kappa shape index (κ1) is 12.8. The highest BCUT2D eigenvalue weighted by Crippen LogP contribution is 2.20. The summed E-state index contributed by atoms with van der Waals surface area (Å²) in [6, 6.07) is 16.0. The summed E-state index contributed by atoms with van der Waals surface area (Å²) in [5, 5.41) is 1.58. The van der Waals surface area contributed by atoms with Crippen LogP contribution in [0.25, 0.3) is 0 Å². The number of thioether (sulfide) groups is 1. The van der Waals surface area contributed by atoms with Gasteiger partial charge >= 0.3 is 0 Å². The van der Waals surface area contributed by atoms with Crippen LogP contribution in [0.5, 0.6) is 0 Å². The highest BCUT2D eigenvalue weighted by Gasteiger charge is 1.96. The molecule has 0 aliphatic rings. The van der Waals surface area contributed by atoms with Gasteiger partial charge in [0.15, 0.2) is 0 Å². The molecule has 2 rings (SSSR count). The normalized spacial score (nSPS) is 10.5. The molecule has 0 fully saturated rings. The molecule has 3 heteroatoms. The average molecular weight is 283 g/mol. The van der Waals surface area contributed by atoms with Gasteiger partial charge in [0.1, 0.15) is 0 Å². The van der Waals surface area contributed by atoms with Gasteiger partial charge in [-0.05, 0) is 35.4 Å². The Morgan fingerprint density at radius 2 is 1.00 bits per heavy atom. The SMILES string of the molecule is Clc1ccc(CSCc2ccc(Cl)cc2)cc1. The Morgan fingerprint density at radius 1 is 0.647 bits per heavy atom. The highest BCUT2D eigenvalue weighted by molar-refractivity contribution is 7.97. The van der Waals surface area contributed by atoms with E-state index >= 15 is 0 Å². The quantitative estimate of drug-likeness (QED) is 0.721. The van der Waals surface area contributed by atoms with Crippen LogP contribution in [-0.2, 0) is 11.5 Å². The van der Waals surface area contributed by atoms with E-state index in [4.69, 9.17) is 23.2 Å². The van der Waals surface area contributed by atoms with Crippen LogP contribution in [0.3, 0.4) is 0 Å². The predicted octanol–water partition coefficient (Wildman–Crippen LogP) is 5.43. The monoisotopic (exact) mass is 282 g/mol. The van der Waals surface area contributed by atoms with Crippen molar-refractivity contribution in [1.82, 2.24) is 0 Å². The standard InChI is InChI=1S/C14H12Cl2S/c15-13-5-1-11(2-6-13)9-17-10-12-3-7-14(16)8-4-12/h1-8H,9-10H2. The second-order valence-electron chi connectivity index (χ2n) is 3.75. The molecule has 0 aliphatic heterocycles. The van der Waals surface area contributed by atoms with Crippen LogP contribution in [0.1, 0.15) is 11.1 Å². The fraction of sp³-hybridized carbons (Fsp3) is 0.143. The second-order valence-corrected chi connectivity index (χ2v) is 5.60. The Balaban J connectivity index is 1.83. The van der Waals surface area contributed by atoms with E-state index in [1.54, 1.807) is 0 Å². The minimum absolute atomic E-state index is 0.788. The fourth-order valence-corrected chi connectivity index (χ4v) is 2.66. The van der Waals surface area contributed by atoms with Crippen molar-refractivity contribution in [3.8, 4) is 0 Å². The molecule has 0 bridgehead atoms. The van der Waals surface area contributed by atoms with E-state index in [0.29, 0.717) is 0 Å². The first-order valence-electron chi connectivity index (χ1n) is 5.31. The molecule has 2 aromatic rings. The van der Waals surface area contributed by atoms with E-state index in [2.05, 4.69) is 24.3 Å². The summed E-state index contributed by atoms with van der Waals surface area (Å²) >= 11 is 13.6. The summed E-state index contributed by atoms with van der Waals surface area (Å²) in [6.45, 7) is 0. The fourth-order valence-electron chi connectivity index (χ4n) is 1.45. The lowest BCUT2D eigenvalue weighted by Crippen LogP contribution is -1.83. The number of halogens is 2. The molecule has 0 aromatic heterocycles. The zero-order chi connectivity index (χ0) is 12.1. The Labute approximate surface area is 116 Å². The smallest absolute Gasteiger partial charge is 0.0406 e. The van der Waals surface area contributed by atoms with Crippen LogP contribution in [0, 0.1) is 0 Å². The van der Waals surface area contributed by atoms with Crippen LogP contribution < -0.4 is 0 Å². The minimum Gasteiger partial charge on any atom is -0.152 e. The van der Waals surface area contributed by atoms with E-state index in [1.807, 2.05) is 36.0 Å². The van der Waals surface area contributed by atoms with Crippen molar-refractivity contribution in [1.29, 1.82) is 0 Å². The maximum absolute atomic E-state index is 5.84. The van der Waals surface area contributed by atoms with Gasteiger partial charge < -0.3 is 0 Å². The lowest BCUT2D eigenvalue weighted by Gasteiger charge is -2.03. The molecule has 0 heterocycles. The van der Waals surface area contributed by atoms with Crippen molar-refractivity contribution in [3.63, 3.8) is 0 Å². The van der Waals surface area contributed by atoms with Crippen molar-refractivity contribution >= 4 is 35.0 Å². The van der Waals surface area contributed by atoms with Crippen molar-refractivity contribution in [2.24, 2.45) is 0 Å². The van der Waals surface area contributed by atoms with Gasteiger partial charge in [0.05, 0.1) is 0 Å². The molecule has 0 saturated carbocycles. The lowest BCUT2D eigenvalue weighted by molar-refractivity contribution is 1.36. The van der Waals surface area contributed by atoms with Crippen LogP contribution in [0.2, 0.25) is 10.0 Å². The van der Waals surface area contributed by atoms with E-state index < -0.39 is 0 Å². The highest BCUT2D eigenvalue weighted by atomic mass is 35.5. The van der Waals surface area contributed by atoms with Gasteiger partial charge in [0.2, 0.25) is 0 Å². The van der Waals surface area contributed by atoms with Gasteiger partial charge in [0, 0.05) is 21.6 Å². The van der Waals surface area contributed by atoms with Crippen molar-refractivity contribution in [2.75, 3.05) is 0 Å². The Morgan fingerprint density at radius 3 is 1.35 bits per heavy atom. The molecular formula is C14H12Cl2S. The molecule has 0 saturated heterocycles. The van der Waals surface area contributed by atoms with Gasteiger partial charge in [-0.15, -0.1) is 0 Å². The maximum atomic E-state index is 5.84. The molecule has 17 heavy (non-hydrogen) atoms. The number of hydrogen-bond acceptors (Lipinski definition) is 1. The number of hydrogen-bond donors (Lipinski definition) is 0. The van der Waals surface area contributed by atoms with Crippen molar-refractivity contribution < 1.29 is 0 Å². The molecule has 0 radical (unpaired) electrons. The molecule has 88 valence electrons. The molecule has 0 spiro atoms. The Hall–Kier alpha value is -0.630. The minimum atomic E-state index is 0.788. The average Bonchev–Trinajstić information content (AvgIpc) is 2.34. The van der Waals surface area contributed by atoms with Gasteiger partial charge in [-0.3, -0.25) is 0 Å². The van der Waals surface area contributed by atoms with E-state index in [0.717, 1.165) is 21.6 Å². The third-order valence-electron chi connectivity index (χ3n) is 2.36. The first-order valence-corrected chi connectivity index (χ1v) is 7.22. The van der Waals surface area contributed by atoms with Crippen LogP contribution in [0.15, 0.2) is 48.5 Å². The lowest BCUT2D eigenvalue weighted by atomic mass is 10.2. The Bertz CT molecular complexity index is 417. The van der Waals surface area contributed by atoms with Crippen molar-refractivity contribution in [3.05, 3.63) is 69.7 Å². The van der Waals surface area contributed by atoms with Gasteiger partial charge in [-0.1, -0.05) is 47.5 Å². The molecule has 0 amide bonds.